The molecule has 2 rings (SSSR count). The van der Waals surface area contributed by atoms with Crippen LogP contribution in [-0.4, -0.2) is 48.2 Å². The third kappa shape index (κ3) is 2.57. The van der Waals surface area contributed by atoms with Gasteiger partial charge in [-0.3, -0.25) is 9.69 Å². The van der Waals surface area contributed by atoms with Crippen molar-refractivity contribution >= 4 is 5.91 Å². The van der Waals surface area contributed by atoms with Crippen molar-refractivity contribution in [1.29, 1.82) is 0 Å². The van der Waals surface area contributed by atoms with Crippen molar-refractivity contribution in [3.05, 3.63) is 23.2 Å². The molecule has 1 aromatic heterocycles. The molecule has 2 unspecified atom stereocenters. The van der Waals surface area contributed by atoms with Gasteiger partial charge < -0.3 is 14.8 Å². The van der Waals surface area contributed by atoms with Gasteiger partial charge in [0.05, 0.1) is 12.2 Å². The first-order valence-electron chi connectivity index (χ1n) is 6.20. The van der Waals surface area contributed by atoms with Gasteiger partial charge in [0.25, 0.3) is 5.91 Å². The fraction of sp³-hybridized carbons (Fsp3) is 0.615. The van der Waals surface area contributed by atoms with E-state index in [2.05, 4.69) is 10.2 Å². The third-order valence-corrected chi connectivity index (χ3v) is 3.52. The van der Waals surface area contributed by atoms with Gasteiger partial charge in [0.2, 0.25) is 0 Å². The Morgan fingerprint density at radius 3 is 2.83 bits per heavy atom. The van der Waals surface area contributed by atoms with Crippen LogP contribution in [-0.2, 0) is 0 Å². The Hall–Kier alpha value is -1.33. The second kappa shape index (κ2) is 5.12. The van der Waals surface area contributed by atoms with Gasteiger partial charge in [-0.2, -0.15) is 0 Å². The second-order valence-electron chi connectivity index (χ2n) is 5.01. The Bertz CT molecular complexity index is 441. The minimum Gasteiger partial charge on any atom is -0.466 e. The van der Waals surface area contributed by atoms with Crippen LogP contribution in [0.2, 0.25) is 0 Å². The van der Waals surface area contributed by atoms with Gasteiger partial charge in [0.15, 0.2) is 0 Å². The molecule has 18 heavy (non-hydrogen) atoms. The number of aliphatic hydroxyl groups is 1. The van der Waals surface area contributed by atoms with E-state index in [9.17, 15) is 9.90 Å². The summed E-state index contributed by atoms with van der Waals surface area (Å²) >= 11 is 0. The molecule has 5 nitrogen and oxygen atoms in total. The molecule has 0 bridgehead atoms. The van der Waals surface area contributed by atoms with Crippen molar-refractivity contribution in [2.24, 2.45) is 0 Å². The Kier molecular flexibility index (Phi) is 3.73. The topological polar surface area (TPSA) is 65.7 Å². The third-order valence-electron chi connectivity index (χ3n) is 3.52. The van der Waals surface area contributed by atoms with E-state index in [1.54, 1.807) is 13.0 Å². The second-order valence-corrected chi connectivity index (χ2v) is 5.01. The molecule has 1 amide bonds. The predicted molar refractivity (Wildman–Crippen MR) is 67.6 cm³/mol. The van der Waals surface area contributed by atoms with Gasteiger partial charge in [-0.1, -0.05) is 0 Å². The Morgan fingerprint density at radius 2 is 2.33 bits per heavy atom. The highest BCUT2D eigenvalue weighted by molar-refractivity contribution is 5.95. The molecule has 2 heterocycles. The molecule has 2 N–H and O–H groups in total. The normalized spacial score (nSPS) is 24.4. The average Bonchev–Trinajstić information content (AvgIpc) is 2.81. The van der Waals surface area contributed by atoms with E-state index < -0.39 is 0 Å². The number of aliphatic hydroxyl groups excluding tert-OH is 1. The van der Waals surface area contributed by atoms with E-state index in [1.165, 1.54) is 0 Å². The summed E-state index contributed by atoms with van der Waals surface area (Å²) < 4.78 is 5.35. The highest BCUT2D eigenvalue weighted by Crippen LogP contribution is 2.17. The number of amides is 1. The molecule has 1 aliphatic heterocycles. The molecular weight excluding hydrogens is 232 g/mol. The first-order chi connectivity index (χ1) is 8.51. The molecule has 1 fully saturated rings. The molecule has 100 valence electrons. The zero-order valence-electron chi connectivity index (χ0n) is 11.1. The Labute approximate surface area is 107 Å². The van der Waals surface area contributed by atoms with Crippen LogP contribution in [0.5, 0.6) is 0 Å². The van der Waals surface area contributed by atoms with Gasteiger partial charge in [-0.15, -0.1) is 0 Å². The van der Waals surface area contributed by atoms with E-state index in [1.807, 2.05) is 14.0 Å². The van der Waals surface area contributed by atoms with Gasteiger partial charge in [0, 0.05) is 18.6 Å². The van der Waals surface area contributed by atoms with Crippen LogP contribution in [0.4, 0.5) is 0 Å². The molecule has 0 aromatic carbocycles. The van der Waals surface area contributed by atoms with E-state index >= 15 is 0 Å². The van der Waals surface area contributed by atoms with Crippen molar-refractivity contribution in [3.8, 4) is 0 Å². The number of aryl methyl sites for hydroxylation is 2. The monoisotopic (exact) mass is 252 g/mol. The molecule has 0 spiro atoms. The van der Waals surface area contributed by atoms with Crippen LogP contribution in [0.15, 0.2) is 10.5 Å². The van der Waals surface area contributed by atoms with Crippen LogP contribution in [0.25, 0.3) is 0 Å². The molecular formula is C13H20N2O3. The highest BCUT2D eigenvalue weighted by atomic mass is 16.3. The van der Waals surface area contributed by atoms with Gasteiger partial charge in [0.1, 0.15) is 11.5 Å². The molecule has 2 atom stereocenters. The number of nitrogens with zero attached hydrogens (tertiary/aromatic N) is 1. The summed E-state index contributed by atoms with van der Waals surface area (Å²) in [5, 5.41) is 12.2. The fourth-order valence-electron chi connectivity index (χ4n) is 2.52. The molecule has 0 saturated carbocycles. The average molecular weight is 252 g/mol. The van der Waals surface area contributed by atoms with Crippen molar-refractivity contribution in [2.75, 3.05) is 20.2 Å². The summed E-state index contributed by atoms with van der Waals surface area (Å²) in [7, 11) is 1.96. The Morgan fingerprint density at radius 1 is 1.61 bits per heavy atom. The van der Waals surface area contributed by atoms with Gasteiger partial charge >= 0.3 is 0 Å². The number of likely N-dealkylation sites (N-methyl/N-ethyl adjacent to an activating group) is 1. The van der Waals surface area contributed by atoms with E-state index in [-0.39, 0.29) is 24.6 Å². The van der Waals surface area contributed by atoms with Crippen molar-refractivity contribution in [3.63, 3.8) is 0 Å². The van der Waals surface area contributed by atoms with Crippen LogP contribution in [0.1, 0.15) is 28.3 Å². The maximum Gasteiger partial charge on any atom is 0.255 e. The first-order valence-corrected chi connectivity index (χ1v) is 6.20. The number of rotatable bonds is 3. The molecule has 0 aliphatic carbocycles. The fourth-order valence-corrected chi connectivity index (χ4v) is 2.52. The number of furan rings is 1. The first kappa shape index (κ1) is 13.1. The molecule has 1 saturated heterocycles. The van der Waals surface area contributed by atoms with E-state index in [0.29, 0.717) is 11.3 Å². The summed E-state index contributed by atoms with van der Waals surface area (Å²) in [6, 6.07) is 1.99. The molecule has 5 heteroatoms. The smallest absolute Gasteiger partial charge is 0.255 e. The van der Waals surface area contributed by atoms with Gasteiger partial charge in [-0.25, -0.2) is 0 Å². The Balaban J connectivity index is 1.99. The lowest BCUT2D eigenvalue weighted by atomic mass is 10.1. The van der Waals surface area contributed by atoms with E-state index in [0.717, 1.165) is 18.7 Å². The standard InChI is InChI=1S/C13H20N2O3/c1-8-4-12(9(2)18-8)13(17)14-10-5-11(7-16)15(3)6-10/h4,10-11,16H,5-7H2,1-3H3,(H,14,17). The lowest BCUT2D eigenvalue weighted by Gasteiger charge is -2.15. The van der Waals surface area contributed by atoms with Gasteiger partial charge in [-0.05, 0) is 33.4 Å². The van der Waals surface area contributed by atoms with Crippen LogP contribution in [0.3, 0.4) is 0 Å². The molecule has 1 aliphatic rings. The summed E-state index contributed by atoms with van der Waals surface area (Å²) in [6.45, 7) is 4.52. The van der Waals surface area contributed by atoms with E-state index in [4.69, 9.17) is 4.42 Å². The number of nitrogens with one attached hydrogen (secondary N) is 1. The quantitative estimate of drug-likeness (QED) is 0.830. The number of carbonyl (C=O) groups is 1. The number of likely N-dealkylation sites (tertiary alicyclic amines) is 1. The zero-order chi connectivity index (χ0) is 13.3. The maximum atomic E-state index is 12.1. The summed E-state index contributed by atoms with van der Waals surface area (Å²) in [5.74, 6) is 1.30. The molecule has 1 aromatic rings. The summed E-state index contributed by atoms with van der Waals surface area (Å²) in [5.41, 5.74) is 0.600. The number of hydrogen-bond donors (Lipinski definition) is 2. The van der Waals surface area contributed by atoms with Crippen molar-refractivity contribution in [2.45, 2.75) is 32.4 Å². The van der Waals surface area contributed by atoms with Crippen LogP contribution < -0.4 is 5.32 Å². The SMILES string of the molecule is Cc1cc(C(=O)NC2CC(CO)N(C)C2)c(C)o1. The zero-order valence-corrected chi connectivity index (χ0v) is 11.1. The lowest BCUT2D eigenvalue weighted by Crippen LogP contribution is -2.36. The highest BCUT2D eigenvalue weighted by Gasteiger charge is 2.30. The maximum absolute atomic E-state index is 12.1. The number of hydrogen-bond acceptors (Lipinski definition) is 4. The van der Waals surface area contributed by atoms with Crippen molar-refractivity contribution < 1.29 is 14.3 Å². The van der Waals surface area contributed by atoms with Crippen molar-refractivity contribution in [1.82, 2.24) is 10.2 Å². The minimum atomic E-state index is -0.0960. The lowest BCUT2D eigenvalue weighted by molar-refractivity contribution is 0.0936. The predicted octanol–water partition coefficient (Wildman–Crippen LogP) is 0.691. The molecule has 0 radical (unpaired) electrons. The van der Waals surface area contributed by atoms with Crippen LogP contribution >= 0.6 is 0 Å². The van der Waals surface area contributed by atoms with Crippen LogP contribution in [0, 0.1) is 13.8 Å². The number of carbonyl (C=O) groups excluding carboxylic acids is 1. The minimum absolute atomic E-state index is 0.0919. The largest absolute Gasteiger partial charge is 0.466 e. The summed E-state index contributed by atoms with van der Waals surface area (Å²) in [6.07, 6.45) is 0.786. The summed E-state index contributed by atoms with van der Waals surface area (Å²) in [4.78, 5) is 14.2.